The van der Waals surface area contributed by atoms with Crippen molar-refractivity contribution in [2.45, 2.75) is 0 Å². The van der Waals surface area contributed by atoms with Crippen LogP contribution in [0.3, 0.4) is 0 Å². The number of carbonyl (C=O) groups is 1. The van der Waals surface area contributed by atoms with Crippen molar-refractivity contribution >= 4 is 23.7 Å². The Morgan fingerprint density at radius 3 is 2.60 bits per heavy atom. The molecule has 0 unspecified atom stereocenters. The monoisotopic (exact) mass is 292 g/mol. The van der Waals surface area contributed by atoms with Crippen molar-refractivity contribution in [3.05, 3.63) is 64.4 Å². The summed E-state index contributed by atoms with van der Waals surface area (Å²) in [4.78, 5) is 11.7. The van der Waals surface area contributed by atoms with Gasteiger partial charge >= 0.3 is 0 Å². The van der Waals surface area contributed by atoms with E-state index < -0.39 is 11.7 Å². The number of aromatic hydroxyl groups is 1. The van der Waals surface area contributed by atoms with E-state index in [1.807, 2.05) is 0 Å². The quantitative estimate of drug-likeness (QED) is 0.675. The average molecular weight is 293 g/mol. The van der Waals surface area contributed by atoms with E-state index in [0.717, 1.165) is 6.07 Å². The molecule has 0 heterocycles. The maximum Gasteiger partial charge on any atom is 0.271 e. The number of hydrogen-bond donors (Lipinski definition) is 2. The van der Waals surface area contributed by atoms with Gasteiger partial charge in [-0.25, -0.2) is 9.82 Å². The number of hydrazone groups is 1. The van der Waals surface area contributed by atoms with Crippen molar-refractivity contribution in [3.8, 4) is 5.75 Å². The van der Waals surface area contributed by atoms with Gasteiger partial charge in [-0.3, -0.25) is 4.79 Å². The second kappa shape index (κ2) is 6.16. The lowest BCUT2D eigenvalue weighted by atomic mass is 10.2. The number of carbonyl (C=O) groups excluding carboxylic acids is 1. The summed E-state index contributed by atoms with van der Waals surface area (Å²) in [5, 5.41) is 13.0. The molecule has 0 fully saturated rings. The minimum absolute atomic E-state index is 0.0724. The molecule has 2 aromatic rings. The fourth-order valence-electron chi connectivity index (χ4n) is 1.44. The minimum atomic E-state index is -0.444. The third-order valence-electron chi connectivity index (χ3n) is 2.46. The average Bonchev–Trinajstić information content (AvgIpc) is 2.42. The van der Waals surface area contributed by atoms with Crippen LogP contribution >= 0.6 is 11.6 Å². The van der Waals surface area contributed by atoms with Gasteiger partial charge in [0.25, 0.3) is 5.91 Å². The normalized spacial score (nSPS) is 10.7. The van der Waals surface area contributed by atoms with Crippen molar-refractivity contribution < 1.29 is 14.3 Å². The molecule has 6 heteroatoms. The van der Waals surface area contributed by atoms with Crippen LogP contribution in [-0.2, 0) is 0 Å². The number of phenols is 1. The highest BCUT2D eigenvalue weighted by atomic mass is 35.5. The second-order valence-corrected chi connectivity index (χ2v) is 4.32. The van der Waals surface area contributed by atoms with Crippen LogP contribution in [0.25, 0.3) is 0 Å². The summed E-state index contributed by atoms with van der Waals surface area (Å²) in [6, 6.07) is 9.58. The number of nitrogens with zero attached hydrogens (tertiary/aromatic N) is 1. The number of phenolic OH excluding ortho intramolecular Hbond substituents is 1. The Kier molecular flexibility index (Phi) is 4.32. The minimum Gasteiger partial charge on any atom is -0.508 e. The van der Waals surface area contributed by atoms with Crippen LogP contribution in [0.4, 0.5) is 4.39 Å². The van der Waals surface area contributed by atoms with Crippen LogP contribution in [0.2, 0.25) is 5.02 Å². The summed E-state index contributed by atoms with van der Waals surface area (Å²) in [5.41, 5.74) is 3.14. The predicted octanol–water partition coefficient (Wildman–Crippen LogP) is 2.95. The van der Waals surface area contributed by atoms with Gasteiger partial charge in [-0.2, -0.15) is 5.10 Å². The van der Waals surface area contributed by atoms with E-state index >= 15 is 0 Å². The van der Waals surface area contributed by atoms with Crippen LogP contribution in [0.15, 0.2) is 47.6 Å². The molecule has 0 saturated carbocycles. The Bertz CT molecular complexity index is 657. The topological polar surface area (TPSA) is 61.7 Å². The smallest absolute Gasteiger partial charge is 0.271 e. The Morgan fingerprint density at radius 2 is 1.95 bits per heavy atom. The molecule has 0 spiro atoms. The first-order valence-corrected chi connectivity index (χ1v) is 6.01. The summed E-state index contributed by atoms with van der Waals surface area (Å²) >= 11 is 5.81. The van der Waals surface area contributed by atoms with Crippen molar-refractivity contribution in [2.24, 2.45) is 5.10 Å². The van der Waals surface area contributed by atoms with E-state index in [0.29, 0.717) is 11.1 Å². The van der Waals surface area contributed by atoms with Crippen LogP contribution < -0.4 is 5.43 Å². The third-order valence-corrected chi connectivity index (χ3v) is 2.79. The van der Waals surface area contributed by atoms with Crippen molar-refractivity contribution in [3.63, 3.8) is 0 Å². The first-order chi connectivity index (χ1) is 9.56. The van der Waals surface area contributed by atoms with Gasteiger partial charge in [-0.05, 0) is 42.5 Å². The van der Waals surface area contributed by atoms with Gasteiger partial charge in [-0.15, -0.1) is 0 Å². The number of hydrogen-bond acceptors (Lipinski definition) is 3. The fourth-order valence-corrected chi connectivity index (χ4v) is 1.66. The standard InChI is InChI=1S/C14H10ClFN2O2/c15-13-7-11(16)4-1-10(13)8-17-18-14(20)9-2-5-12(19)6-3-9/h1-8,19H,(H,18,20)/b17-8+. The molecular weight excluding hydrogens is 283 g/mol. The molecule has 0 aromatic heterocycles. The zero-order valence-corrected chi connectivity index (χ0v) is 10.9. The van der Waals surface area contributed by atoms with Crippen molar-refractivity contribution in [1.82, 2.24) is 5.43 Å². The molecule has 102 valence electrons. The molecule has 2 N–H and O–H groups in total. The van der Waals surface area contributed by atoms with Crippen LogP contribution in [0.1, 0.15) is 15.9 Å². The lowest BCUT2D eigenvalue weighted by Gasteiger charge is -2.00. The zero-order chi connectivity index (χ0) is 14.5. The summed E-state index contributed by atoms with van der Waals surface area (Å²) in [6.07, 6.45) is 1.32. The molecule has 0 aliphatic heterocycles. The van der Waals surface area contributed by atoms with E-state index in [1.165, 1.54) is 42.6 Å². The highest BCUT2D eigenvalue weighted by Gasteiger charge is 2.04. The molecule has 0 atom stereocenters. The largest absolute Gasteiger partial charge is 0.508 e. The van der Waals surface area contributed by atoms with Gasteiger partial charge < -0.3 is 5.11 Å². The Labute approximate surface area is 119 Å². The van der Waals surface area contributed by atoms with Gasteiger partial charge in [0.1, 0.15) is 11.6 Å². The van der Waals surface area contributed by atoms with Gasteiger partial charge in [-0.1, -0.05) is 11.6 Å². The number of amides is 1. The first kappa shape index (κ1) is 14.0. The first-order valence-electron chi connectivity index (χ1n) is 5.64. The Morgan fingerprint density at radius 1 is 1.25 bits per heavy atom. The highest BCUT2D eigenvalue weighted by Crippen LogP contribution is 2.15. The zero-order valence-electron chi connectivity index (χ0n) is 10.2. The number of halogens is 2. The van der Waals surface area contributed by atoms with Gasteiger partial charge in [0.05, 0.1) is 11.2 Å². The van der Waals surface area contributed by atoms with E-state index in [2.05, 4.69) is 10.5 Å². The summed E-state index contributed by atoms with van der Waals surface area (Å²) in [7, 11) is 0. The second-order valence-electron chi connectivity index (χ2n) is 3.91. The maximum absolute atomic E-state index is 12.8. The van der Waals surface area contributed by atoms with Crippen LogP contribution in [0.5, 0.6) is 5.75 Å². The highest BCUT2D eigenvalue weighted by molar-refractivity contribution is 6.33. The SMILES string of the molecule is O=C(N/N=C/c1ccc(F)cc1Cl)c1ccc(O)cc1. The summed E-state index contributed by atoms with van der Waals surface area (Å²) < 4.78 is 12.8. The van der Waals surface area contributed by atoms with Gasteiger partial charge in [0, 0.05) is 11.1 Å². The molecular formula is C14H10ClFN2O2. The molecule has 1 amide bonds. The molecule has 0 aliphatic carbocycles. The maximum atomic E-state index is 12.8. The molecule has 0 saturated heterocycles. The molecule has 0 aliphatic rings. The van der Waals surface area contributed by atoms with E-state index in [4.69, 9.17) is 16.7 Å². The third kappa shape index (κ3) is 3.55. The lowest BCUT2D eigenvalue weighted by molar-refractivity contribution is 0.0955. The molecule has 20 heavy (non-hydrogen) atoms. The van der Waals surface area contributed by atoms with Crippen LogP contribution in [-0.4, -0.2) is 17.2 Å². The van der Waals surface area contributed by atoms with E-state index in [9.17, 15) is 9.18 Å². The number of nitrogens with one attached hydrogen (secondary N) is 1. The van der Waals surface area contributed by atoms with E-state index in [1.54, 1.807) is 0 Å². The molecule has 0 bridgehead atoms. The van der Waals surface area contributed by atoms with Gasteiger partial charge in [0.15, 0.2) is 0 Å². The van der Waals surface area contributed by atoms with Gasteiger partial charge in [0.2, 0.25) is 0 Å². The van der Waals surface area contributed by atoms with Crippen LogP contribution in [0, 0.1) is 5.82 Å². The predicted molar refractivity (Wildman–Crippen MR) is 74.6 cm³/mol. The fraction of sp³-hybridized carbons (Fsp3) is 0. The Hall–Kier alpha value is -2.40. The molecule has 0 radical (unpaired) electrons. The number of rotatable bonds is 3. The lowest BCUT2D eigenvalue weighted by Crippen LogP contribution is -2.17. The molecule has 2 rings (SSSR count). The van der Waals surface area contributed by atoms with E-state index in [-0.39, 0.29) is 10.8 Å². The van der Waals surface area contributed by atoms with Crippen molar-refractivity contribution in [1.29, 1.82) is 0 Å². The summed E-state index contributed by atoms with van der Waals surface area (Å²) in [5.74, 6) is -0.803. The molecule has 4 nitrogen and oxygen atoms in total. The summed E-state index contributed by atoms with van der Waals surface area (Å²) in [6.45, 7) is 0. The van der Waals surface area contributed by atoms with Crippen molar-refractivity contribution in [2.75, 3.05) is 0 Å². The molecule has 2 aromatic carbocycles. The Balaban J connectivity index is 2.02. The number of benzene rings is 2.